The molecule has 1 aliphatic heterocycles. The zero-order valence-electron chi connectivity index (χ0n) is 10.2. The Bertz CT molecular complexity index is 589. The number of hydrogen-bond donors (Lipinski definition) is 2. The molecule has 100 valence electrons. The van der Waals surface area contributed by atoms with E-state index in [1.165, 1.54) is 30.0 Å². The summed E-state index contributed by atoms with van der Waals surface area (Å²) >= 11 is 1.50. The Balaban J connectivity index is 2.09. The van der Waals surface area contributed by atoms with Crippen LogP contribution in [0.5, 0.6) is 0 Å². The standard InChI is InChI=1S/C13H14FN3OS/c14-10-2-1-7(11(15)18)5-9(10)13-6-8(13)3-4-19-12(16)17-13/h1-2,5,8H,3-4,6H2,(H2,15,18)(H2,16,17)/t8-,13+/m0/s1. The van der Waals surface area contributed by atoms with E-state index in [0.29, 0.717) is 22.2 Å². The summed E-state index contributed by atoms with van der Waals surface area (Å²) in [6, 6.07) is 4.20. The molecule has 4 N–H and O–H groups in total. The van der Waals surface area contributed by atoms with E-state index in [0.717, 1.165) is 18.6 Å². The van der Waals surface area contributed by atoms with E-state index in [-0.39, 0.29) is 5.82 Å². The monoisotopic (exact) mass is 279 g/mol. The largest absolute Gasteiger partial charge is 0.379 e. The molecule has 4 nitrogen and oxygen atoms in total. The van der Waals surface area contributed by atoms with E-state index in [1.807, 2.05) is 0 Å². The predicted octanol–water partition coefficient (Wildman–Crippen LogP) is 1.59. The van der Waals surface area contributed by atoms with Gasteiger partial charge in [0.15, 0.2) is 5.17 Å². The van der Waals surface area contributed by atoms with E-state index in [1.54, 1.807) is 0 Å². The quantitative estimate of drug-likeness (QED) is 0.862. The van der Waals surface area contributed by atoms with Crippen LogP contribution in [0.15, 0.2) is 23.2 Å². The summed E-state index contributed by atoms with van der Waals surface area (Å²) in [5, 5.41) is 0.490. The lowest BCUT2D eigenvalue weighted by atomic mass is 9.98. The van der Waals surface area contributed by atoms with Crippen LogP contribution in [0.2, 0.25) is 0 Å². The lowest BCUT2D eigenvalue weighted by molar-refractivity contribution is 0.1000. The van der Waals surface area contributed by atoms with Crippen LogP contribution in [0.1, 0.15) is 28.8 Å². The van der Waals surface area contributed by atoms with Crippen molar-refractivity contribution in [3.8, 4) is 0 Å². The molecule has 2 aliphatic rings. The minimum absolute atomic E-state index is 0.304. The molecule has 0 unspecified atom stereocenters. The second-order valence-electron chi connectivity index (χ2n) is 4.97. The highest BCUT2D eigenvalue weighted by Crippen LogP contribution is 2.59. The number of rotatable bonds is 2. The van der Waals surface area contributed by atoms with Gasteiger partial charge in [-0.2, -0.15) is 0 Å². The van der Waals surface area contributed by atoms with Crippen molar-refractivity contribution in [1.82, 2.24) is 0 Å². The molecule has 1 fully saturated rings. The van der Waals surface area contributed by atoms with Gasteiger partial charge in [-0.25, -0.2) is 4.39 Å². The summed E-state index contributed by atoms with van der Waals surface area (Å²) in [7, 11) is 0. The van der Waals surface area contributed by atoms with Gasteiger partial charge in [-0.05, 0) is 37.0 Å². The van der Waals surface area contributed by atoms with E-state index >= 15 is 0 Å². The molecule has 1 saturated carbocycles. The summed E-state index contributed by atoms with van der Waals surface area (Å²) in [4.78, 5) is 15.7. The Kier molecular flexibility index (Phi) is 2.78. The van der Waals surface area contributed by atoms with Crippen LogP contribution in [0.3, 0.4) is 0 Å². The topological polar surface area (TPSA) is 81.5 Å². The maximum atomic E-state index is 14.1. The van der Waals surface area contributed by atoms with Crippen LogP contribution in [0, 0.1) is 11.7 Å². The average molecular weight is 279 g/mol. The van der Waals surface area contributed by atoms with Gasteiger partial charge in [0.05, 0.1) is 5.54 Å². The molecule has 0 spiro atoms. The summed E-state index contributed by atoms with van der Waals surface area (Å²) in [5.41, 5.74) is 11.2. The normalized spacial score (nSPS) is 29.1. The van der Waals surface area contributed by atoms with E-state index < -0.39 is 11.4 Å². The molecule has 0 bridgehead atoms. The van der Waals surface area contributed by atoms with Crippen LogP contribution in [0.25, 0.3) is 0 Å². The fourth-order valence-electron chi connectivity index (χ4n) is 2.73. The Morgan fingerprint density at radius 3 is 3.05 bits per heavy atom. The highest BCUT2D eigenvalue weighted by Gasteiger charge is 2.57. The number of nitrogens with two attached hydrogens (primary N) is 2. The predicted molar refractivity (Wildman–Crippen MR) is 73.4 cm³/mol. The number of carbonyl (C=O) groups is 1. The summed E-state index contributed by atoms with van der Waals surface area (Å²) < 4.78 is 14.1. The van der Waals surface area contributed by atoms with Crippen molar-refractivity contribution in [1.29, 1.82) is 0 Å². The molecule has 1 amide bonds. The molecule has 3 rings (SSSR count). The number of hydrogen-bond acceptors (Lipinski definition) is 4. The molecule has 1 aliphatic carbocycles. The van der Waals surface area contributed by atoms with Crippen molar-refractivity contribution < 1.29 is 9.18 Å². The number of aliphatic imine (C=N–C) groups is 1. The van der Waals surface area contributed by atoms with Crippen molar-refractivity contribution in [2.75, 3.05) is 5.75 Å². The fraction of sp³-hybridized carbons (Fsp3) is 0.385. The van der Waals surface area contributed by atoms with Gasteiger partial charge in [-0.15, -0.1) is 0 Å². The molecule has 1 heterocycles. The highest BCUT2D eigenvalue weighted by molar-refractivity contribution is 8.13. The van der Waals surface area contributed by atoms with Crippen LogP contribution >= 0.6 is 11.8 Å². The minimum Gasteiger partial charge on any atom is -0.379 e. The smallest absolute Gasteiger partial charge is 0.248 e. The average Bonchev–Trinajstić information content (AvgIpc) is 3.03. The molecule has 0 saturated heterocycles. The molecule has 6 heteroatoms. The molecule has 2 atom stereocenters. The van der Waals surface area contributed by atoms with Gasteiger partial charge < -0.3 is 11.5 Å². The Morgan fingerprint density at radius 1 is 1.53 bits per heavy atom. The Labute approximate surface area is 114 Å². The first-order chi connectivity index (χ1) is 9.03. The molecule has 0 radical (unpaired) electrons. The van der Waals surface area contributed by atoms with E-state index in [9.17, 15) is 9.18 Å². The Hall–Kier alpha value is -1.56. The van der Waals surface area contributed by atoms with Crippen molar-refractivity contribution in [3.63, 3.8) is 0 Å². The van der Waals surface area contributed by atoms with Crippen molar-refractivity contribution >= 4 is 22.8 Å². The second-order valence-corrected chi connectivity index (χ2v) is 6.09. The third-order valence-corrected chi connectivity index (χ3v) is 4.64. The first-order valence-corrected chi connectivity index (χ1v) is 7.09. The maximum Gasteiger partial charge on any atom is 0.248 e. The number of halogens is 1. The molecule has 1 aromatic rings. The minimum atomic E-state index is -0.580. The zero-order valence-corrected chi connectivity index (χ0v) is 11.0. The molecule has 0 aromatic heterocycles. The van der Waals surface area contributed by atoms with Gasteiger partial charge >= 0.3 is 0 Å². The first kappa shape index (κ1) is 12.5. The fourth-order valence-corrected chi connectivity index (χ4v) is 3.57. The number of benzene rings is 1. The number of amides is 1. The number of amidine groups is 1. The van der Waals surface area contributed by atoms with Crippen molar-refractivity contribution in [2.24, 2.45) is 22.4 Å². The van der Waals surface area contributed by atoms with E-state index in [2.05, 4.69) is 4.99 Å². The number of nitrogens with zero attached hydrogens (tertiary/aromatic N) is 1. The highest BCUT2D eigenvalue weighted by atomic mass is 32.2. The van der Waals surface area contributed by atoms with Crippen molar-refractivity contribution in [2.45, 2.75) is 18.4 Å². The number of fused-ring (bicyclic) bond motifs is 1. The van der Waals surface area contributed by atoms with E-state index in [4.69, 9.17) is 11.5 Å². The van der Waals surface area contributed by atoms with Gasteiger partial charge in [0, 0.05) is 16.9 Å². The van der Waals surface area contributed by atoms with Crippen LogP contribution in [-0.4, -0.2) is 16.8 Å². The Morgan fingerprint density at radius 2 is 2.32 bits per heavy atom. The number of primary amides is 1. The lowest BCUT2D eigenvalue weighted by Gasteiger charge is -2.14. The molecular weight excluding hydrogens is 265 g/mol. The van der Waals surface area contributed by atoms with Crippen LogP contribution in [-0.2, 0) is 5.54 Å². The number of carbonyl (C=O) groups excluding carboxylic acids is 1. The van der Waals surface area contributed by atoms with Crippen LogP contribution in [0.4, 0.5) is 4.39 Å². The maximum absolute atomic E-state index is 14.1. The number of thioether (sulfide) groups is 1. The summed E-state index contributed by atoms with van der Waals surface area (Å²) in [6.45, 7) is 0. The molecule has 1 aromatic carbocycles. The first-order valence-electron chi connectivity index (χ1n) is 6.11. The van der Waals surface area contributed by atoms with Gasteiger partial charge in [0.25, 0.3) is 0 Å². The summed E-state index contributed by atoms with van der Waals surface area (Å²) in [6.07, 6.45) is 1.74. The van der Waals surface area contributed by atoms with Gasteiger partial charge in [0.2, 0.25) is 5.91 Å². The lowest BCUT2D eigenvalue weighted by Crippen LogP contribution is -2.17. The van der Waals surface area contributed by atoms with Gasteiger partial charge in [-0.3, -0.25) is 9.79 Å². The third kappa shape index (κ3) is 2.00. The SMILES string of the molecule is NC(=O)c1ccc(F)c([C@@]23C[C@@H]2CCSC(N)=N3)c1. The second kappa shape index (κ2) is 4.23. The van der Waals surface area contributed by atoms with Gasteiger partial charge in [0.1, 0.15) is 5.82 Å². The van der Waals surface area contributed by atoms with Crippen molar-refractivity contribution in [3.05, 3.63) is 35.1 Å². The third-order valence-electron chi connectivity index (χ3n) is 3.82. The van der Waals surface area contributed by atoms with Gasteiger partial charge in [-0.1, -0.05) is 11.8 Å². The summed E-state index contributed by atoms with van der Waals surface area (Å²) in [5.74, 6) is 0.295. The molecular formula is C13H14FN3OS. The molecule has 19 heavy (non-hydrogen) atoms. The zero-order chi connectivity index (χ0) is 13.6. The van der Waals surface area contributed by atoms with Crippen LogP contribution < -0.4 is 11.5 Å².